The van der Waals surface area contributed by atoms with Gasteiger partial charge in [-0.3, -0.25) is 9.69 Å². The Kier molecular flexibility index (Phi) is 5.81. The molecule has 1 saturated carbocycles. The average Bonchev–Trinajstić information content (AvgIpc) is 2.42. The summed E-state index contributed by atoms with van der Waals surface area (Å²) in [6.45, 7) is 4.73. The predicted octanol–water partition coefficient (Wildman–Crippen LogP) is 0.223. The van der Waals surface area contributed by atoms with Crippen LogP contribution >= 0.6 is 0 Å². The fraction of sp³-hybridized carbons (Fsp3) is 0.933. The molecule has 0 spiro atoms. The molecule has 1 heterocycles. The van der Waals surface area contributed by atoms with Crippen molar-refractivity contribution in [3.05, 3.63) is 0 Å². The molecule has 20 heavy (non-hydrogen) atoms. The normalized spacial score (nSPS) is 29.6. The molecule has 1 aliphatic heterocycles. The molecule has 0 atom stereocenters. The highest BCUT2D eigenvalue weighted by Crippen LogP contribution is 2.21. The highest BCUT2D eigenvalue weighted by Gasteiger charge is 2.24. The minimum Gasteiger partial charge on any atom is -0.352 e. The second-order valence-corrected chi connectivity index (χ2v) is 6.62. The molecule has 0 aromatic rings. The van der Waals surface area contributed by atoms with E-state index < -0.39 is 0 Å². The number of hydrogen-bond acceptors (Lipinski definition) is 4. The average molecular weight is 282 g/mol. The van der Waals surface area contributed by atoms with Gasteiger partial charge in [-0.2, -0.15) is 0 Å². The zero-order valence-electron chi connectivity index (χ0n) is 13.3. The van der Waals surface area contributed by atoms with Crippen molar-refractivity contribution in [1.29, 1.82) is 0 Å². The molecule has 1 N–H and O–H groups in total. The standard InChI is InChI=1S/C15H30N4O/c1-17(2)14-6-4-13(5-7-14)16-15(20)12-19-10-8-18(3)9-11-19/h13-14H,4-12H2,1-3H3,(H,16,20). The van der Waals surface area contributed by atoms with E-state index in [1.165, 1.54) is 12.8 Å². The van der Waals surface area contributed by atoms with Crippen LogP contribution < -0.4 is 5.32 Å². The van der Waals surface area contributed by atoms with Crippen molar-refractivity contribution in [2.75, 3.05) is 53.9 Å². The van der Waals surface area contributed by atoms with E-state index in [1.54, 1.807) is 0 Å². The summed E-state index contributed by atoms with van der Waals surface area (Å²) in [7, 11) is 6.44. The van der Waals surface area contributed by atoms with E-state index in [2.05, 4.69) is 41.2 Å². The highest BCUT2D eigenvalue weighted by molar-refractivity contribution is 5.78. The Morgan fingerprint density at radius 1 is 1.10 bits per heavy atom. The van der Waals surface area contributed by atoms with Crippen molar-refractivity contribution in [2.45, 2.75) is 37.8 Å². The molecule has 2 fully saturated rings. The van der Waals surface area contributed by atoms with Gasteiger partial charge in [0.05, 0.1) is 6.54 Å². The Balaban J connectivity index is 1.65. The van der Waals surface area contributed by atoms with Crippen LogP contribution in [0.5, 0.6) is 0 Å². The van der Waals surface area contributed by atoms with Crippen LogP contribution in [0, 0.1) is 0 Å². The monoisotopic (exact) mass is 282 g/mol. The summed E-state index contributed by atoms with van der Waals surface area (Å²) in [4.78, 5) is 19.0. The summed E-state index contributed by atoms with van der Waals surface area (Å²) in [5, 5.41) is 3.22. The summed E-state index contributed by atoms with van der Waals surface area (Å²) in [6.07, 6.45) is 4.65. The Labute approximate surface area is 123 Å². The lowest BCUT2D eigenvalue weighted by Gasteiger charge is -2.34. The third-order valence-corrected chi connectivity index (χ3v) is 4.76. The molecule has 5 nitrogen and oxygen atoms in total. The topological polar surface area (TPSA) is 38.8 Å². The van der Waals surface area contributed by atoms with Gasteiger partial charge < -0.3 is 15.1 Å². The van der Waals surface area contributed by atoms with Crippen molar-refractivity contribution < 1.29 is 4.79 Å². The van der Waals surface area contributed by atoms with Crippen molar-refractivity contribution in [3.63, 3.8) is 0 Å². The molecular weight excluding hydrogens is 252 g/mol. The van der Waals surface area contributed by atoms with Gasteiger partial charge in [-0.05, 0) is 46.8 Å². The van der Waals surface area contributed by atoms with Crippen molar-refractivity contribution >= 4 is 5.91 Å². The molecule has 2 rings (SSSR count). The number of piperazine rings is 1. The summed E-state index contributed by atoms with van der Waals surface area (Å²) in [5.74, 6) is 0.211. The molecule has 1 amide bonds. The van der Waals surface area contributed by atoms with E-state index in [1.807, 2.05) is 0 Å². The third-order valence-electron chi connectivity index (χ3n) is 4.76. The number of carbonyl (C=O) groups excluding carboxylic acids is 1. The molecule has 1 aliphatic carbocycles. The number of hydrogen-bond donors (Lipinski definition) is 1. The van der Waals surface area contributed by atoms with Crippen LogP contribution in [-0.4, -0.2) is 86.6 Å². The van der Waals surface area contributed by atoms with Gasteiger partial charge >= 0.3 is 0 Å². The largest absolute Gasteiger partial charge is 0.352 e. The van der Waals surface area contributed by atoms with E-state index in [0.717, 1.165) is 39.0 Å². The summed E-state index contributed by atoms with van der Waals surface area (Å²) in [5.41, 5.74) is 0. The minimum atomic E-state index is 0.211. The quantitative estimate of drug-likeness (QED) is 0.801. The molecule has 116 valence electrons. The van der Waals surface area contributed by atoms with Crippen LogP contribution in [0.2, 0.25) is 0 Å². The first kappa shape index (κ1) is 15.7. The van der Waals surface area contributed by atoms with E-state index in [-0.39, 0.29) is 5.91 Å². The summed E-state index contributed by atoms with van der Waals surface area (Å²) >= 11 is 0. The predicted molar refractivity (Wildman–Crippen MR) is 81.8 cm³/mol. The summed E-state index contributed by atoms with van der Waals surface area (Å²) < 4.78 is 0. The van der Waals surface area contributed by atoms with Gasteiger partial charge in [0.2, 0.25) is 5.91 Å². The van der Waals surface area contributed by atoms with Crippen molar-refractivity contribution in [3.8, 4) is 0 Å². The fourth-order valence-corrected chi connectivity index (χ4v) is 3.22. The SMILES string of the molecule is CN1CCN(CC(=O)NC2CCC(N(C)C)CC2)CC1. The van der Waals surface area contributed by atoms with Crippen LogP contribution in [-0.2, 0) is 4.79 Å². The Morgan fingerprint density at radius 3 is 2.25 bits per heavy atom. The van der Waals surface area contributed by atoms with Crippen LogP contribution in [0.4, 0.5) is 0 Å². The summed E-state index contributed by atoms with van der Waals surface area (Å²) in [6, 6.07) is 1.09. The first-order valence-corrected chi connectivity index (χ1v) is 7.91. The molecule has 5 heteroatoms. The first-order valence-electron chi connectivity index (χ1n) is 7.91. The molecule has 2 aliphatic rings. The lowest BCUT2D eigenvalue weighted by Crippen LogP contribution is -2.50. The lowest BCUT2D eigenvalue weighted by molar-refractivity contribution is -0.123. The number of nitrogens with zero attached hydrogens (tertiary/aromatic N) is 3. The zero-order chi connectivity index (χ0) is 14.5. The van der Waals surface area contributed by atoms with E-state index >= 15 is 0 Å². The Morgan fingerprint density at radius 2 is 1.70 bits per heavy atom. The highest BCUT2D eigenvalue weighted by atomic mass is 16.2. The maximum absolute atomic E-state index is 12.1. The van der Waals surface area contributed by atoms with Gasteiger partial charge in [0, 0.05) is 38.3 Å². The maximum atomic E-state index is 12.1. The Bertz CT molecular complexity index is 305. The number of rotatable bonds is 4. The van der Waals surface area contributed by atoms with Gasteiger partial charge in [-0.15, -0.1) is 0 Å². The molecule has 0 bridgehead atoms. The molecular formula is C15H30N4O. The number of carbonyl (C=O) groups is 1. The first-order chi connectivity index (χ1) is 9.54. The van der Waals surface area contributed by atoms with Crippen molar-refractivity contribution in [2.24, 2.45) is 0 Å². The van der Waals surface area contributed by atoms with E-state index in [9.17, 15) is 4.79 Å². The molecule has 1 saturated heterocycles. The van der Waals surface area contributed by atoms with Crippen LogP contribution in [0.15, 0.2) is 0 Å². The van der Waals surface area contributed by atoms with Gasteiger partial charge in [0.25, 0.3) is 0 Å². The minimum absolute atomic E-state index is 0.211. The van der Waals surface area contributed by atoms with Crippen LogP contribution in [0.25, 0.3) is 0 Å². The second-order valence-electron chi connectivity index (χ2n) is 6.62. The van der Waals surface area contributed by atoms with Gasteiger partial charge in [0.1, 0.15) is 0 Å². The third kappa shape index (κ3) is 4.72. The lowest BCUT2D eigenvalue weighted by atomic mass is 9.90. The molecule has 0 aromatic carbocycles. The smallest absolute Gasteiger partial charge is 0.234 e. The number of likely N-dealkylation sites (N-methyl/N-ethyl adjacent to an activating group) is 1. The molecule has 0 radical (unpaired) electrons. The van der Waals surface area contributed by atoms with E-state index in [4.69, 9.17) is 0 Å². The van der Waals surface area contributed by atoms with Crippen LogP contribution in [0.1, 0.15) is 25.7 Å². The van der Waals surface area contributed by atoms with Crippen LogP contribution in [0.3, 0.4) is 0 Å². The zero-order valence-corrected chi connectivity index (χ0v) is 13.3. The Hall–Kier alpha value is -0.650. The molecule has 0 unspecified atom stereocenters. The number of nitrogens with one attached hydrogen (secondary N) is 1. The fourth-order valence-electron chi connectivity index (χ4n) is 3.22. The van der Waals surface area contributed by atoms with E-state index in [0.29, 0.717) is 18.6 Å². The van der Waals surface area contributed by atoms with Gasteiger partial charge in [-0.25, -0.2) is 0 Å². The maximum Gasteiger partial charge on any atom is 0.234 e. The number of amides is 1. The van der Waals surface area contributed by atoms with Gasteiger partial charge in [-0.1, -0.05) is 0 Å². The van der Waals surface area contributed by atoms with Crippen molar-refractivity contribution in [1.82, 2.24) is 20.0 Å². The molecule has 0 aromatic heterocycles. The van der Waals surface area contributed by atoms with Gasteiger partial charge in [0.15, 0.2) is 0 Å². The second kappa shape index (κ2) is 7.38.